The van der Waals surface area contributed by atoms with Crippen molar-refractivity contribution in [1.82, 2.24) is 4.31 Å². The Morgan fingerprint density at radius 1 is 1.21 bits per heavy atom. The third-order valence-electron chi connectivity index (χ3n) is 4.49. The smallest absolute Gasteiger partial charge is 0.416 e. The number of epoxide rings is 1. The summed E-state index contributed by atoms with van der Waals surface area (Å²) < 4.78 is 51.9. The quantitative estimate of drug-likeness (QED) is 0.345. The fourth-order valence-corrected chi connectivity index (χ4v) is 3.83. The van der Waals surface area contributed by atoms with Gasteiger partial charge in [0.1, 0.15) is 0 Å². The third kappa shape index (κ3) is 6.48. The van der Waals surface area contributed by atoms with Gasteiger partial charge in [-0.25, -0.2) is 4.31 Å². The Hall–Kier alpha value is -2.03. The lowest BCUT2D eigenvalue weighted by Crippen LogP contribution is -2.15. The summed E-state index contributed by atoms with van der Waals surface area (Å²) in [4.78, 5) is 11.8. The maximum Gasteiger partial charge on any atom is 0.416 e. The first kappa shape index (κ1) is 21.7. The number of likely N-dealkylation sites (N-methyl/N-ethyl adjacent to an activating group) is 1. The molecule has 0 saturated carbocycles. The number of halogens is 3. The molecule has 156 valence electrons. The van der Waals surface area contributed by atoms with E-state index in [0.717, 1.165) is 11.6 Å². The van der Waals surface area contributed by atoms with Crippen molar-refractivity contribution in [2.75, 3.05) is 27.3 Å². The number of hydrogen-bond donors (Lipinski definition) is 0. The molecule has 1 unspecified atom stereocenters. The van der Waals surface area contributed by atoms with Crippen molar-refractivity contribution in [1.29, 1.82) is 0 Å². The molecule has 1 aliphatic rings. The van der Waals surface area contributed by atoms with Crippen LogP contribution < -0.4 is 0 Å². The zero-order valence-corrected chi connectivity index (χ0v) is 17.0. The number of alkyl halides is 3. The normalized spacial score (nSPS) is 16.1. The molecule has 4 nitrogen and oxygen atoms in total. The van der Waals surface area contributed by atoms with Gasteiger partial charge in [0, 0.05) is 17.9 Å². The van der Waals surface area contributed by atoms with Crippen molar-refractivity contribution in [3.05, 3.63) is 53.6 Å². The van der Waals surface area contributed by atoms with E-state index >= 15 is 0 Å². The molecular weight excluding hydrogens is 403 g/mol. The van der Waals surface area contributed by atoms with Gasteiger partial charge in [0.15, 0.2) is 0 Å². The maximum atomic E-state index is 13.4. The number of benzene rings is 2. The van der Waals surface area contributed by atoms with Crippen LogP contribution in [-0.4, -0.2) is 43.7 Å². The molecule has 0 amide bonds. The van der Waals surface area contributed by atoms with E-state index < -0.39 is 11.7 Å². The molecule has 2 aromatic rings. The molecule has 2 aromatic carbocycles. The Bertz CT molecular complexity index is 851. The van der Waals surface area contributed by atoms with Gasteiger partial charge in [-0.1, -0.05) is 24.3 Å². The number of carbonyl (C=O) groups excluding carboxylic acids is 1. The number of nitrogens with zero attached hydrogens (tertiary/aromatic N) is 1. The monoisotopic (exact) mass is 425 g/mol. The van der Waals surface area contributed by atoms with Crippen LogP contribution in [-0.2, 0) is 26.9 Å². The largest absolute Gasteiger partial charge is 0.469 e. The molecular formula is C21H22F3NO3S. The van der Waals surface area contributed by atoms with Gasteiger partial charge in [-0.05, 0) is 60.3 Å². The molecule has 8 heteroatoms. The van der Waals surface area contributed by atoms with Crippen molar-refractivity contribution in [3.63, 3.8) is 0 Å². The molecule has 3 rings (SSSR count). The van der Waals surface area contributed by atoms with Gasteiger partial charge in [-0.3, -0.25) is 4.79 Å². The zero-order valence-electron chi connectivity index (χ0n) is 16.2. The molecule has 0 radical (unpaired) electrons. The fraction of sp³-hybridized carbons (Fsp3) is 0.381. The summed E-state index contributed by atoms with van der Waals surface area (Å²) in [6, 6.07) is 11.3. The van der Waals surface area contributed by atoms with E-state index in [1.54, 1.807) is 18.2 Å². The number of carbonyl (C=O) groups is 1. The van der Waals surface area contributed by atoms with Crippen LogP contribution in [0, 0.1) is 0 Å². The van der Waals surface area contributed by atoms with Gasteiger partial charge < -0.3 is 9.47 Å². The minimum atomic E-state index is -4.43. The van der Waals surface area contributed by atoms with Crippen LogP contribution in [0.5, 0.6) is 0 Å². The molecule has 1 fully saturated rings. The average molecular weight is 425 g/mol. The Morgan fingerprint density at radius 2 is 1.90 bits per heavy atom. The average Bonchev–Trinajstić information content (AvgIpc) is 3.49. The molecule has 1 aliphatic heterocycles. The molecule has 0 aromatic heterocycles. The van der Waals surface area contributed by atoms with Gasteiger partial charge >= 0.3 is 12.1 Å². The second-order valence-corrected chi connectivity index (χ2v) is 8.15. The molecule has 0 aliphatic carbocycles. The van der Waals surface area contributed by atoms with Crippen molar-refractivity contribution >= 4 is 17.9 Å². The van der Waals surface area contributed by atoms with Crippen LogP contribution in [0.15, 0.2) is 47.4 Å². The molecule has 0 bridgehead atoms. The van der Waals surface area contributed by atoms with Gasteiger partial charge in [-0.15, -0.1) is 0 Å². The molecule has 1 atom stereocenters. The van der Waals surface area contributed by atoms with Gasteiger partial charge in [-0.2, -0.15) is 13.2 Å². The second-order valence-electron chi connectivity index (χ2n) is 6.87. The minimum Gasteiger partial charge on any atom is -0.469 e. The minimum absolute atomic E-state index is 0.162. The van der Waals surface area contributed by atoms with Crippen molar-refractivity contribution < 1.29 is 27.4 Å². The summed E-state index contributed by atoms with van der Waals surface area (Å²) in [6.07, 6.45) is -3.48. The highest BCUT2D eigenvalue weighted by Gasteiger charge is 2.32. The first-order chi connectivity index (χ1) is 13.7. The van der Waals surface area contributed by atoms with E-state index in [1.165, 1.54) is 25.1 Å². The number of aryl methyl sites for hydroxylation is 1. The number of esters is 1. The van der Waals surface area contributed by atoms with Crippen LogP contribution >= 0.6 is 11.9 Å². The predicted octanol–water partition coefficient (Wildman–Crippen LogP) is 4.82. The van der Waals surface area contributed by atoms with Gasteiger partial charge in [0.25, 0.3) is 0 Å². The van der Waals surface area contributed by atoms with Crippen LogP contribution in [0.1, 0.15) is 17.5 Å². The molecule has 29 heavy (non-hydrogen) atoms. The summed E-state index contributed by atoms with van der Waals surface area (Å²) in [5.74, 6) is -0.297. The summed E-state index contributed by atoms with van der Waals surface area (Å²) in [6.45, 7) is 1.35. The molecule has 1 saturated heterocycles. The number of hydrogen-bond acceptors (Lipinski definition) is 5. The van der Waals surface area contributed by atoms with E-state index in [2.05, 4.69) is 4.74 Å². The van der Waals surface area contributed by atoms with E-state index in [4.69, 9.17) is 4.74 Å². The summed E-state index contributed by atoms with van der Waals surface area (Å²) in [7, 11) is 3.17. The summed E-state index contributed by atoms with van der Waals surface area (Å²) in [5, 5.41) is 0. The molecule has 1 heterocycles. The predicted molar refractivity (Wildman–Crippen MR) is 105 cm³/mol. The maximum absolute atomic E-state index is 13.4. The highest BCUT2D eigenvalue weighted by Crippen LogP contribution is 2.37. The summed E-state index contributed by atoms with van der Waals surface area (Å²) in [5.41, 5.74) is 1.43. The number of ether oxygens (including phenoxy) is 2. The van der Waals surface area contributed by atoms with Crippen LogP contribution in [0.3, 0.4) is 0 Å². The number of rotatable bonds is 8. The Morgan fingerprint density at radius 3 is 2.48 bits per heavy atom. The highest BCUT2D eigenvalue weighted by molar-refractivity contribution is 7.97. The van der Waals surface area contributed by atoms with Crippen LogP contribution in [0.4, 0.5) is 13.2 Å². The lowest BCUT2D eigenvalue weighted by Gasteiger charge is -2.17. The highest BCUT2D eigenvalue weighted by atomic mass is 32.2. The summed E-state index contributed by atoms with van der Waals surface area (Å²) >= 11 is 1.27. The SMILES string of the molecule is COC(=O)CCc1ccc(-c2cc(SN(C)CC3CO3)cc(C(F)(F)F)c2)cc1. The topological polar surface area (TPSA) is 42.1 Å². The Balaban J connectivity index is 1.81. The van der Waals surface area contributed by atoms with Crippen LogP contribution in [0.2, 0.25) is 0 Å². The molecule has 0 spiro atoms. The number of methoxy groups -OCH3 is 1. The third-order valence-corrected chi connectivity index (χ3v) is 5.40. The van der Waals surface area contributed by atoms with Crippen molar-refractivity contribution in [2.24, 2.45) is 0 Å². The van der Waals surface area contributed by atoms with Crippen molar-refractivity contribution in [2.45, 2.75) is 30.0 Å². The Labute approximate surface area is 172 Å². The lowest BCUT2D eigenvalue weighted by atomic mass is 10.0. The second kappa shape index (κ2) is 9.19. The first-order valence-corrected chi connectivity index (χ1v) is 9.91. The fourth-order valence-electron chi connectivity index (χ4n) is 2.87. The van der Waals surface area contributed by atoms with Gasteiger partial charge in [0.2, 0.25) is 0 Å². The van der Waals surface area contributed by atoms with Crippen molar-refractivity contribution in [3.8, 4) is 11.1 Å². The van der Waals surface area contributed by atoms with E-state index in [9.17, 15) is 18.0 Å². The first-order valence-electron chi connectivity index (χ1n) is 9.13. The van der Waals surface area contributed by atoms with E-state index in [-0.39, 0.29) is 18.5 Å². The zero-order chi connectivity index (χ0) is 21.0. The Kier molecular flexibility index (Phi) is 6.87. The van der Waals surface area contributed by atoms with Crippen LogP contribution in [0.25, 0.3) is 11.1 Å². The van der Waals surface area contributed by atoms with E-state index in [0.29, 0.717) is 35.6 Å². The molecule has 0 N–H and O–H groups in total. The standard InChI is InChI=1S/C21H22F3NO3S/c1-25(12-18-13-28-18)29-19-10-16(9-17(11-19)21(22,23)24)15-6-3-14(4-7-15)5-8-20(26)27-2/h3-4,6-7,9-11,18H,5,8,12-13H2,1-2H3. The van der Waals surface area contributed by atoms with E-state index in [1.807, 2.05) is 23.5 Å². The van der Waals surface area contributed by atoms with Gasteiger partial charge in [0.05, 0.1) is 25.4 Å². The lowest BCUT2D eigenvalue weighted by molar-refractivity contribution is -0.140.